The first-order valence-corrected chi connectivity index (χ1v) is 6.56. The van der Waals surface area contributed by atoms with Crippen molar-refractivity contribution in [1.82, 2.24) is 4.90 Å². The summed E-state index contributed by atoms with van der Waals surface area (Å²) in [5.41, 5.74) is 2.11. The Morgan fingerprint density at radius 2 is 1.90 bits per heavy atom. The Morgan fingerprint density at radius 3 is 2.62 bits per heavy atom. The van der Waals surface area contributed by atoms with E-state index < -0.39 is 0 Å². The summed E-state index contributed by atoms with van der Waals surface area (Å²) in [7, 11) is 1.70. The highest BCUT2D eigenvalue weighted by Crippen LogP contribution is 2.10. The average molecular weight is 282 g/mol. The summed E-state index contributed by atoms with van der Waals surface area (Å²) in [6.07, 6.45) is 0.159. The lowest BCUT2D eigenvalue weighted by atomic mass is 10.1. The van der Waals surface area contributed by atoms with E-state index >= 15 is 0 Å². The van der Waals surface area contributed by atoms with Gasteiger partial charge < -0.3 is 4.90 Å². The molecule has 0 saturated heterocycles. The molecule has 0 aliphatic heterocycles. The molecule has 1 amide bonds. The van der Waals surface area contributed by atoms with Crippen LogP contribution in [0.1, 0.15) is 16.7 Å². The van der Waals surface area contributed by atoms with Crippen LogP contribution in [0.2, 0.25) is 0 Å². The Hall–Kier alpha value is -2.67. The van der Waals surface area contributed by atoms with E-state index in [9.17, 15) is 9.18 Å². The van der Waals surface area contributed by atoms with Gasteiger partial charge in [0, 0.05) is 13.6 Å². The smallest absolute Gasteiger partial charge is 0.227 e. The van der Waals surface area contributed by atoms with Gasteiger partial charge in [-0.2, -0.15) is 5.26 Å². The number of carbonyl (C=O) groups is 1. The van der Waals surface area contributed by atoms with Crippen LogP contribution in [0.5, 0.6) is 0 Å². The Bertz CT molecular complexity index is 691. The summed E-state index contributed by atoms with van der Waals surface area (Å²) in [6.45, 7) is 0.420. The van der Waals surface area contributed by atoms with Crippen molar-refractivity contribution in [1.29, 1.82) is 5.26 Å². The van der Waals surface area contributed by atoms with E-state index in [1.165, 1.54) is 12.1 Å². The second-order valence-corrected chi connectivity index (χ2v) is 4.87. The first kappa shape index (κ1) is 14.7. The maximum Gasteiger partial charge on any atom is 0.227 e. The molecule has 3 nitrogen and oxygen atoms in total. The lowest BCUT2D eigenvalue weighted by Gasteiger charge is -2.17. The van der Waals surface area contributed by atoms with Crippen molar-refractivity contribution in [3.63, 3.8) is 0 Å². The number of benzene rings is 2. The number of halogens is 1. The zero-order valence-electron chi connectivity index (χ0n) is 11.7. The summed E-state index contributed by atoms with van der Waals surface area (Å²) in [5, 5.41) is 8.86. The fourth-order valence-electron chi connectivity index (χ4n) is 2.06. The van der Waals surface area contributed by atoms with Gasteiger partial charge in [0.05, 0.1) is 18.1 Å². The van der Waals surface area contributed by atoms with Crippen LogP contribution in [0.4, 0.5) is 4.39 Å². The zero-order valence-corrected chi connectivity index (χ0v) is 11.7. The largest absolute Gasteiger partial charge is 0.341 e. The van der Waals surface area contributed by atoms with Gasteiger partial charge in [-0.05, 0) is 35.4 Å². The molecule has 0 radical (unpaired) electrons. The Balaban J connectivity index is 2.01. The number of hydrogen-bond acceptors (Lipinski definition) is 2. The topological polar surface area (TPSA) is 44.1 Å². The molecule has 0 atom stereocenters. The fraction of sp³-hybridized carbons (Fsp3) is 0.176. The molecule has 2 aromatic rings. The van der Waals surface area contributed by atoms with Crippen molar-refractivity contribution in [2.45, 2.75) is 13.0 Å². The highest BCUT2D eigenvalue weighted by atomic mass is 19.1. The normalized spacial score (nSPS) is 9.95. The van der Waals surface area contributed by atoms with E-state index in [-0.39, 0.29) is 18.1 Å². The zero-order chi connectivity index (χ0) is 15.2. The van der Waals surface area contributed by atoms with Crippen LogP contribution >= 0.6 is 0 Å². The van der Waals surface area contributed by atoms with Gasteiger partial charge in [0.15, 0.2) is 0 Å². The molecular formula is C17H15FN2O. The molecule has 0 aliphatic rings. The van der Waals surface area contributed by atoms with Crippen LogP contribution in [-0.2, 0) is 17.8 Å². The average Bonchev–Trinajstić information content (AvgIpc) is 2.47. The van der Waals surface area contributed by atoms with E-state index in [4.69, 9.17) is 5.26 Å². The quantitative estimate of drug-likeness (QED) is 0.865. The minimum Gasteiger partial charge on any atom is -0.341 e. The Kier molecular flexibility index (Phi) is 4.68. The maximum atomic E-state index is 13.1. The predicted octanol–water partition coefficient (Wildman–Crippen LogP) is 2.90. The summed E-state index contributed by atoms with van der Waals surface area (Å²) < 4.78 is 13.1. The molecule has 21 heavy (non-hydrogen) atoms. The molecule has 0 N–H and O–H groups in total. The molecule has 0 bridgehead atoms. The van der Waals surface area contributed by atoms with Crippen molar-refractivity contribution >= 4 is 5.91 Å². The lowest BCUT2D eigenvalue weighted by molar-refractivity contribution is -0.129. The molecule has 0 spiro atoms. The van der Waals surface area contributed by atoms with Gasteiger partial charge in [0.1, 0.15) is 5.82 Å². The van der Waals surface area contributed by atoms with Crippen LogP contribution < -0.4 is 0 Å². The SMILES string of the molecule is CN(Cc1cccc(C#N)c1)C(=O)Cc1cccc(F)c1. The molecule has 0 fully saturated rings. The number of likely N-dealkylation sites (N-methyl/N-ethyl adjacent to an activating group) is 1. The summed E-state index contributed by atoms with van der Waals surface area (Å²) in [4.78, 5) is 13.7. The van der Waals surface area contributed by atoms with E-state index in [0.29, 0.717) is 17.7 Å². The van der Waals surface area contributed by atoms with E-state index in [2.05, 4.69) is 6.07 Å². The van der Waals surface area contributed by atoms with Crippen LogP contribution in [0.3, 0.4) is 0 Å². The summed E-state index contributed by atoms with van der Waals surface area (Å²) in [5.74, 6) is -0.437. The number of nitriles is 1. The molecule has 0 aliphatic carbocycles. The molecule has 4 heteroatoms. The lowest BCUT2D eigenvalue weighted by Crippen LogP contribution is -2.27. The third-order valence-corrected chi connectivity index (χ3v) is 3.15. The second-order valence-electron chi connectivity index (χ2n) is 4.87. The third-order valence-electron chi connectivity index (χ3n) is 3.15. The van der Waals surface area contributed by atoms with Gasteiger partial charge >= 0.3 is 0 Å². The van der Waals surface area contributed by atoms with Crippen LogP contribution in [0.15, 0.2) is 48.5 Å². The van der Waals surface area contributed by atoms with Crippen molar-refractivity contribution in [2.75, 3.05) is 7.05 Å². The first-order chi connectivity index (χ1) is 10.1. The summed E-state index contributed by atoms with van der Waals surface area (Å²) >= 11 is 0. The third kappa shape index (κ3) is 4.15. The molecule has 2 aromatic carbocycles. The number of rotatable bonds is 4. The molecular weight excluding hydrogens is 267 g/mol. The highest BCUT2D eigenvalue weighted by molar-refractivity contribution is 5.78. The fourth-order valence-corrected chi connectivity index (χ4v) is 2.06. The van der Waals surface area contributed by atoms with Crippen molar-refractivity contribution in [3.05, 3.63) is 71.0 Å². The molecule has 0 unspecified atom stereocenters. The number of nitrogens with zero attached hydrogens (tertiary/aromatic N) is 2. The Morgan fingerprint density at radius 1 is 1.19 bits per heavy atom. The molecule has 2 rings (SSSR count). The van der Waals surface area contributed by atoms with Crippen LogP contribution in [0, 0.1) is 17.1 Å². The number of amides is 1. The van der Waals surface area contributed by atoms with Gasteiger partial charge in [0.25, 0.3) is 0 Å². The van der Waals surface area contributed by atoms with E-state index in [1.807, 2.05) is 6.07 Å². The van der Waals surface area contributed by atoms with Crippen LogP contribution in [-0.4, -0.2) is 17.9 Å². The molecule has 0 saturated carbocycles. The predicted molar refractivity (Wildman–Crippen MR) is 77.7 cm³/mol. The van der Waals surface area contributed by atoms with Gasteiger partial charge in [-0.15, -0.1) is 0 Å². The number of hydrogen-bond donors (Lipinski definition) is 0. The molecule has 106 valence electrons. The van der Waals surface area contributed by atoms with Gasteiger partial charge in [0.2, 0.25) is 5.91 Å². The minimum atomic E-state index is -0.343. The monoisotopic (exact) mass is 282 g/mol. The van der Waals surface area contributed by atoms with Gasteiger partial charge in [-0.3, -0.25) is 4.79 Å². The first-order valence-electron chi connectivity index (χ1n) is 6.56. The molecule has 0 aromatic heterocycles. The summed E-state index contributed by atoms with van der Waals surface area (Å²) in [6, 6.07) is 15.2. The maximum absolute atomic E-state index is 13.1. The van der Waals surface area contributed by atoms with Crippen molar-refractivity contribution in [2.24, 2.45) is 0 Å². The second kappa shape index (κ2) is 6.67. The minimum absolute atomic E-state index is 0.0945. The van der Waals surface area contributed by atoms with Crippen LogP contribution in [0.25, 0.3) is 0 Å². The van der Waals surface area contributed by atoms with Gasteiger partial charge in [-0.1, -0.05) is 24.3 Å². The number of carbonyl (C=O) groups excluding carboxylic acids is 1. The highest BCUT2D eigenvalue weighted by Gasteiger charge is 2.11. The van der Waals surface area contributed by atoms with Crippen molar-refractivity contribution in [3.8, 4) is 6.07 Å². The van der Waals surface area contributed by atoms with E-state index in [0.717, 1.165) is 5.56 Å². The van der Waals surface area contributed by atoms with E-state index in [1.54, 1.807) is 42.3 Å². The molecule has 0 heterocycles. The van der Waals surface area contributed by atoms with Gasteiger partial charge in [-0.25, -0.2) is 4.39 Å². The standard InChI is InChI=1S/C17H15FN2O/c1-20(12-15-6-2-5-14(8-15)11-19)17(21)10-13-4-3-7-16(18)9-13/h2-9H,10,12H2,1H3. The Labute approximate surface area is 123 Å². The van der Waals surface area contributed by atoms with Crippen molar-refractivity contribution < 1.29 is 9.18 Å².